The van der Waals surface area contributed by atoms with Gasteiger partial charge in [-0.2, -0.15) is 4.31 Å². The molecule has 0 bridgehead atoms. The third kappa shape index (κ3) is 4.37. The molecule has 2 aromatic rings. The molecule has 0 unspecified atom stereocenters. The lowest BCUT2D eigenvalue weighted by Crippen LogP contribution is -2.51. The van der Waals surface area contributed by atoms with Crippen molar-refractivity contribution in [3.05, 3.63) is 52.9 Å². The van der Waals surface area contributed by atoms with Crippen LogP contribution in [0.25, 0.3) is 0 Å². The molecule has 1 aliphatic rings. The molecule has 1 saturated heterocycles. The topological polar surface area (TPSA) is 97.1 Å². The van der Waals surface area contributed by atoms with Crippen molar-refractivity contribution in [1.29, 1.82) is 0 Å². The third-order valence-electron chi connectivity index (χ3n) is 4.42. The summed E-state index contributed by atoms with van der Waals surface area (Å²) in [5.41, 5.74) is 0.624. The maximum Gasteiger partial charge on any atom is 0.375 e. The Morgan fingerprint density at radius 2 is 1.75 bits per heavy atom. The zero-order chi connectivity index (χ0) is 20.3. The fourth-order valence-electron chi connectivity index (χ4n) is 2.80. The first-order chi connectivity index (χ1) is 13.3. The molecular formula is C18H19ClN2O6S. The minimum atomic E-state index is -3.65. The quantitative estimate of drug-likeness (QED) is 0.678. The number of hydrogen-bond donors (Lipinski definition) is 0. The highest BCUT2D eigenvalue weighted by atomic mass is 35.5. The number of benzene rings is 1. The Kier molecular flexibility index (Phi) is 6.07. The number of aryl methyl sites for hydroxylation is 1. The average molecular weight is 427 g/mol. The number of carbonyl (C=O) groups is 2. The molecule has 1 amide bonds. The van der Waals surface area contributed by atoms with Gasteiger partial charge in [0.15, 0.2) is 6.61 Å². The monoisotopic (exact) mass is 426 g/mol. The van der Waals surface area contributed by atoms with Gasteiger partial charge in [0.1, 0.15) is 0 Å². The van der Waals surface area contributed by atoms with Gasteiger partial charge in [-0.3, -0.25) is 4.79 Å². The number of amides is 1. The Morgan fingerprint density at radius 3 is 2.32 bits per heavy atom. The SMILES string of the molecule is Cc1ccoc1C(=O)OCC(=O)N1CCN(S(=O)(=O)c2ccc(Cl)cc2)CC1. The molecule has 8 nitrogen and oxygen atoms in total. The van der Waals surface area contributed by atoms with Crippen molar-refractivity contribution in [3.8, 4) is 0 Å². The van der Waals surface area contributed by atoms with Gasteiger partial charge in [-0.1, -0.05) is 11.6 Å². The standard InChI is InChI=1S/C18H19ClN2O6S/c1-13-6-11-26-17(13)18(23)27-12-16(22)20-7-9-21(10-8-20)28(24,25)15-4-2-14(19)3-5-15/h2-6,11H,7-10,12H2,1H3. The first kappa shape index (κ1) is 20.4. The molecule has 150 valence electrons. The molecule has 0 aliphatic carbocycles. The molecule has 1 aliphatic heterocycles. The predicted molar refractivity (Wildman–Crippen MR) is 101 cm³/mol. The van der Waals surface area contributed by atoms with Gasteiger partial charge in [-0.25, -0.2) is 13.2 Å². The number of furan rings is 1. The van der Waals surface area contributed by atoms with Crippen molar-refractivity contribution in [1.82, 2.24) is 9.21 Å². The van der Waals surface area contributed by atoms with Crippen LogP contribution in [0.1, 0.15) is 16.1 Å². The van der Waals surface area contributed by atoms with Gasteiger partial charge in [0.05, 0.1) is 11.2 Å². The lowest BCUT2D eigenvalue weighted by atomic mass is 10.3. The van der Waals surface area contributed by atoms with Crippen molar-refractivity contribution in [2.75, 3.05) is 32.8 Å². The second kappa shape index (κ2) is 8.34. The molecule has 2 heterocycles. The summed E-state index contributed by atoms with van der Waals surface area (Å²) >= 11 is 5.80. The summed E-state index contributed by atoms with van der Waals surface area (Å²) < 4.78 is 36.6. The number of esters is 1. The normalized spacial score (nSPS) is 15.4. The second-order valence-electron chi connectivity index (χ2n) is 6.25. The number of rotatable bonds is 5. The van der Waals surface area contributed by atoms with E-state index in [1.807, 2.05) is 0 Å². The molecule has 0 saturated carbocycles. The van der Waals surface area contributed by atoms with Crippen LogP contribution < -0.4 is 0 Å². The molecule has 0 atom stereocenters. The molecule has 0 radical (unpaired) electrons. The van der Waals surface area contributed by atoms with Gasteiger partial charge in [0, 0.05) is 36.8 Å². The van der Waals surface area contributed by atoms with Crippen LogP contribution in [0.3, 0.4) is 0 Å². The van der Waals surface area contributed by atoms with E-state index in [-0.39, 0.29) is 42.7 Å². The van der Waals surface area contributed by atoms with Gasteiger partial charge in [-0.15, -0.1) is 0 Å². The Morgan fingerprint density at radius 1 is 1.11 bits per heavy atom. The van der Waals surface area contributed by atoms with Crippen molar-refractivity contribution in [2.45, 2.75) is 11.8 Å². The predicted octanol–water partition coefficient (Wildman–Crippen LogP) is 1.93. The summed E-state index contributed by atoms with van der Waals surface area (Å²) in [6.07, 6.45) is 1.37. The van der Waals surface area contributed by atoms with Crippen LogP contribution in [0, 0.1) is 6.92 Å². The molecule has 1 aromatic heterocycles. The molecular weight excluding hydrogens is 408 g/mol. The van der Waals surface area contributed by atoms with E-state index in [1.165, 1.54) is 39.7 Å². The maximum absolute atomic E-state index is 12.7. The number of halogens is 1. The third-order valence-corrected chi connectivity index (χ3v) is 6.58. The second-order valence-corrected chi connectivity index (χ2v) is 8.62. The number of hydrogen-bond acceptors (Lipinski definition) is 6. The maximum atomic E-state index is 12.7. The van der Waals surface area contributed by atoms with E-state index >= 15 is 0 Å². The Bertz CT molecular complexity index is 962. The Labute approximate surface area is 167 Å². The van der Waals surface area contributed by atoms with Crippen LogP contribution in [0.4, 0.5) is 0 Å². The number of carbonyl (C=O) groups excluding carboxylic acids is 2. The molecule has 0 spiro atoms. The highest BCUT2D eigenvalue weighted by molar-refractivity contribution is 7.89. The molecule has 1 aromatic carbocycles. The number of nitrogens with zero attached hydrogens (tertiary/aromatic N) is 2. The van der Waals surface area contributed by atoms with Crippen molar-refractivity contribution in [2.24, 2.45) is 0 Å². The van der Waals surface area contributed by atoms with Gasteiger partial charge in [-0.05, 0) is 37.3 Å². The molecule has 1 fully saturated rings. The van der Waals surface area contributed by atoms with Gasteiger partial charge in [0.2, 0.25) is 15.8 Å². The van der Waals surface area contributed by atoms with Crippen LogP contribution >= 0.6 is 11.6 Å². The van der Waals surface area contributed by atoms with Crippen LogP contribution in [-0.4, -0.2) is 62.3 Å². The number of ether oxygens (including phenoxy) is 1. The molecule has 3 rings (SSSR count). The first-order valence-corrected chi connectivity index (χ1v) is 10.4. The van der Waals surface area contributed by atoms with E-state index < -0.39 is 22.6 Å². The fourth-order valence-corrected chi connectivity index (χ4v) is 4.35. The Balaban J connectivity index is 1.53. The minimum Gasteiger partial charge on any atom is -0.457 e. The summed E-state index contributed by atoms with van der Waals surface area (Å²) in [6.45, 7) is 2.00. The minimum absolute atomic E-state index is 0.0617. The van der Waals surface area contributed by atoms with E-state index in [0.717, 1.165) is 0 Å². The van der Waals surface area contributed by atoms with Crippen LogP contribution in [0.15, 0.2) is 45.9 Å². The van der Waals surface area contributed by atoms with Crippen molar-refractivity contribution >= 4 is 33.5 Å². The van der Waals surface area contributed by atoms with Crippen molar-refractivity contribution in [3.63, 3.8) is 0 Å². The van der Waals surface area contributed by atoms with Crippen LogP contribution in [0.5, 0.6) is 0 Å². The van der Waals surface area contributed by atoms with E-state index in [1.54, 1.807) is 13.0 Å². The largest absolute Gasteiger partial charge is 0.457 e. The molecule has 0 N–H and O–H groups in total. The summed E-state index contributed by atoms with van der Waals surface area (Å²) in [6, 6.07) is 7.56. The molecule has 28 heavy (non-hydrogen) atoms. The summed E-state index contributed by atoms with van der Waals surface area (Å²) in [5, 5.41) is 0.452. The summed E-state index contributed by atoms with van der Waals surface area (Å²) in [7, 11) is -3.65. The lowest BCUT2D eigenvalue weighted by molar-refractivity contribution is -0.135. The van der Waals surface area contributed by atoms with E-state index in [0.29, 0.717) is 10.6 Å². The zero-order valence-corrected chi connectivity index (χ0v) is 16.7. The van der Waals surface area contributed by atoms with Gasteiger partial charge in [0.25, 0.3) is 5.91 Å². The van der Waals surface area contributed by atoms with E-state index in [9.17, 15) is 18.0 Å². The summed E-state index contributed by atoms with van der Waals surface area (Å²) in [5.74, 6) is -1.03. The zero-order valence-electron chi connectivity index (χ0n) is 15.1. The smallest absolute Gasteiger partial charge is 0.375 e. The van der Waals surface area contributed by atoms with Crippen LogP contribution in [0.2, 0.25) is 5.02 Å². The molecule has 10 heteroatoms. The number of sulfonamides is 1. The highest BCUT2D eigenvalue weighted by Gasteiger charge is 2.30. The van der Waals surface area contributed by atoms with E-state index in [4.69, 9.17) is 20.8 Å². The average Bonchev–Trinajstić information content (AvgIpc) is 3.12. The summed E-state index contributed by atoms with van der Waals surface area (Å²) in [4.78, 5) is 25.8. The lowest BCUT2D eigenvalue weighted by Gasteiger charge is -2.33. The fraction of sp³-hybridized carbons (Fsp3) is 0.333. The highest BCUT2D eigenvalue weighted by Crippen LogP contribution is 2.20. The van der Waals surface area contributed by atoms with Crippen LogP contribution in [-0.2, 0) is 19.6 Å². The number of piperazine rings is 1. The Hall–Kier alpha value is -2.36. The van der Waals surface area contributed by atoms with Gasteiger partial charge < -0.3 is 14.1 Å². The van der Waals surface area contributed by atoms with Gasteiger partial charge >= 0.3 is 5.97 Å². The van der Waals surface area contributed by atoms with E-state index in [2.05, 4.69) is 0 Å². The van der Waals surface area contributed by atoms with Crippen molar-refractivity contribution < 1.29 is 27.2 Å². The first-order valence-electron chi connectivity index (χ1n) is 8.54.